The third kappa shape index (κ3) is 3.72. The van der Waals surface area contributed by atoms with Gasteiger partial charge in [-0.15, -0.1) is 0 Å². The van der Waals surface area contributed by atoms with Gasteiger partial charge in [-0.2, -0.15) is 0 Å². The van der Waals surface area contributed by atoms with Crippen molar-refractivity contribution in [1.29, 1.82) is 0 Å². The predicted molar refractivity (Wildman–Crippen MR) is 76.3 cm³/mol. The van der Waals surface area contributed by atoms with Crippen LogP contribution in [0, 0.1) is 0 Å². The molecular weight excluding hydrogens is 318 g/mol. The molecule has 2 aromatic rings. The number of benzene rings is 2. The number of carboxylic acid groups (broad SMARTS) is 1. The van der Waals surface area contributed by atoms with Gasteiger partial charge in [-0.1, -0.05) is 11.6 Å². The first-order chi connectivity index (χ1) is 9.77. The Hall–Kier alpha value is -2.09. The van der Waals surface area contributed by atoms with Crippen LogP contribution in [0.15, 0.2) is 47.4 Å². The van der Waals surface area contributed by atoms with E-state index in [-0.39, 0.29) is 21.2 Å². The highest BCUT2D eigenvalue weighted by atomic mass is 35.5. The predicted octanol–water partition coefficient (Wildman–Crippen LogP) is 2.48. The molecule has 3 N–H and O–H groups in total. The zero-order chi connectivity index (χ0) is 15.6. The average molecular weight is 328 g/mol. The molecule has 0 saturated carbocycles. The quantitative estimate of drug-likeness (QED) is 0.897. The topological polar surface area (TPSA) is 107 Å². The molecule has 0 radical (unpaired) electrons. The van der Waals surface area contributed by atoms with E-state index in [0.717, 1.165) is 0 Å². The van der Waals surface area contributed by atoms with Gasteiger partial charge >= 0.3 is 5.97 Å². The van der Waals surface area contributed by atoms with Crippen LogP contribution in [-0.2, 0) is 10.0 Å². The van der Waals surface area contributed by atoms with Crippen molar-refractivity contribution < 1.29 is 23.1 Å². The molecule has 8 heteroatoms. The summed E-state index contributed by atoms with van der Waals surface area (Å²) in [6.45, 7) is 0. The van der Waals surface area contributed by atoms with E-state index in [1.54, 1.807) is 0 Å². The third-order valence-electron chi connectivity index (χ3n) is 2.56. The summed E-state index contributed by atoms with van der Waals surface area (Å²) >= 11 is 5.92. The minimum Gasteiger partial charge on any atom is -0.478 e. The molecule has 0 aliphatic rings. The molecule has 0 aliphatic heterocycles. The summed E-state index contributed by atoms with van der Waals surface area (Å²) in [6, 6.07) is 9.45. The maximum absolute atomic E-state index is 11.1. The van der Waals surface area contributed by atoms with Gasteiger partial charge in [-0.05, 0) is 42.5 Å². The standard InChI is InChI=1S/C13H10ClNO5S/c14-11-7-8(13(16)17)1-6-12(11)20-9-2-4-10(5-3-9)21(15,18)19/h1-7H,(H,16,17)(H2,15,18,19). The molecule has 0 fully saturated rings. The van der Waals surface area contributed by atoms with Gasteiger partial charge in [0.25, 0.3) is 0 Å². The summed E-state index contributed by atoms with van der Waals surface area (Å²) in [6.07, 6.45) is 0. The molecule has 0 amide bonds. The van der Waals surface area contributed by atoms with Gasteiger partial charge < -0.3 is 9.84 Å². The molecule has 0 unspecified atom stereocenters. The minimum atomic E-state index is -3.76. The molecule has 2 aromatic carbocycles. The third-order valence-corrected chi connectivity index (χ3v) is 3.78. The van der Waals surface area contributed by atoms with Crippen LogP contribution in [0.25, 0.3) is 0 Å². The monoisotopic (exact) mass is 327 g/mol. The van der Waals surface area contributed by atoms with Gasteiger partial charge in [0, 0.05) is 0 Å². The van der Waals surface area contributed by atoms with Gasteiger partial charge in [0.05, 0.1) is 15.5 Å². The number of rotatable bonds is 4. The molecule has 2 rings (SSSR count). The van der Waals surface area contributed by atoms with E-state index in [2.05, 4.69) is 0 Å². The van der Waals surface area contributed by atoms with Crippen LogP contribution >= 0.6 is 11.6 Å². The van der Waals surface area contributed by atoms with E-state index in [9.17, 15) is 13.2 Å². The molecule has 6 nitrogen and oxygen atoms in total. The van der Waals surface area contributed by atoms with Crippen LogP contribution in [0.4, 0.5) is 0 Å². The highest BCUT2D eigenvalue weighted by Gasteiger charge is 2.10. The summed E-state index contributed by atoms with van der Waals surface area (Å²) < 4.78 is 27.7. The van der Waals surface area contributed by atoms with Crippen molar-refractivity contribution in [3.8, 4) is 11.5 Å². The molecule has 110 valence electrons. The number of primary sulfonamides is 1. The van der Waals surface area contributed by atoms with Crippen molar-refractivity contribution in [2.45, 2.75) is 4.90 Å². The zero-order valence-electron chi connectivity index (χ0n) is 10.5. The molecule has 0 heterocycles. The summed E-state index contributed by atoms with van der Waals surface area (Å²) in [5.41, 5.74) is 0.0388. The Morgan fingerprint density at radius 1 is 1.14 bits per heavy atom. The lowest BCUT2D eigenvalue weighted by molar-refractivity contribution is 0.0697. The number of nitrogens with two attached hydrogens (primary N) is 1. The second-order valence-electron chi connectivity index (χ2n) is 4.07. The molecular formula is C13H10ClNO5S. The second kappa shape index (κ2) is 5.72. The van der Waals surface area contributed by atoms with Crippen molar-refractivity contribution >= 4 is 27.6 Å². The van der Waals surface area contributed by atoms with Gasteiger partial charge in [-0.25, -0.2) is 18.4 Å². The summed E-state index contributed by atoms with van der Waals surface area (Å²) in [4.78, 5) is 10.7. The van der Waals surface area contributed by atoms with Crippen molar-refractivity contribution in [1.82, 2.24) is 0 Å². The largest absolute Gasteiger partial charge is 0.478 e. The van der Waals surface area contributed by atoms with Crippen molar-refractivity contribution in [2.24, 2.45) is 5.14 Å². The van der Waals surface area contributed by atoms with Gasteiger partial charge in [0.15, 0.2) is 0 Å². The number of halogens is 1. The fourth-order valence-corrected chi connectivity index (χ4v) is 2.28. The van der Waals surface area contributed by atoms with Crippen LogP contribution in [-0.4, -0.2) is 19.5 Å². The number of aromatic carboxylic acids is 1. The second-order valence-corrected chi connectivity index (χ2v) is 6.04. The van der Waals surface area contributed by atoms with E-state index in [0.29, 0.717) is 5.75 Å². The molecule has 0 saturated heterocycles. The van der Waals surface area contributed by atoms with E-state index in [4.69, 9.17) is 26.6 Å². The number of hydrogen-bond acceptors (Lipinski definition) is 4. The van der Waals surface area contributed by atoms with E-state index >= 15 is 0 Å². The van der Waals surface area contributed by atoms with Crippen molar-refractivity contribution in [3.63, 3.8) is 0 Å². The number of hydrogen-bond donors (Lipinski definition) is 2. The van der Waals surface area contributed by atoms with Crippen molar-refractivity contribution in [3.05, 3.63) is 53.1 Å². The molecule has 0 bridgehead atoms. The van der Waals surface area contributed by atoms with Gasteiger partial charge in [0.2, 0.25) is 10.0 Å². The lowest BCUT2D eigenvalue weighted by atomic mass is 10.2. The summed E-state index contributed by atoms with van der Waals surface area (Å²) in [5, 5.41) is 13.9. The van der Waals surface area contributed by atoms with Crippen LogP contribution in [0.5, 0.6) is 11.5 Å². The Morgan fingerprint density at radius 2 is 1.76 bits per heavy atom. The first-order valence-corrected chi connectivity index (χ1v) is 7.53. The smallest absolute Gasteiger partial charge is 0.335 e. The number of carbonyl (C=O) groups is 1. The molecule has 0 aromatic heterocycles. The van der Waals surface area contributed by atoms with Crippen LogP contribution < -0.4 is 9.88 Å². The Balaban J connectivity index is 2.24. The molecule has 0 aliphatic carbocycles. The summed E-state index contributed by atoms with van der Waals surface area (Å²) in [7, 11) is -3.76. The Labute approximate surface area is 125 Å². The minimum absolute atomic E-state index is 0.0388. The maximum Gasteiger partial charge on any atom is 0.335 e. The Bertz CT molecular complexity index is 787. The van der Waals surface area contributed by atoms with Gasteiger partial charge in [-0.3, -0.25) is 0 Å². The maximum atomic E-state index is 11.1. The first-order valence-electron chi connectivity index (χ1n) is 5.61. The zero-order valence-corrected chi connectivity index (χ0v) is 12.1. The van der Waals surface area contributed by atoms with Crippen LogP contribution in [0.3, 0.4) is 0 Å². The fourth-order valence-electron chi connectivity index (χ4n) is 1.54. The normalized spacial score (nSPS) is 11.1. The lowest BCUT2D eigenvalue weighted by Gasteiger charge is -2.08. The van der Waals surface area contributed by atoms with Gasteiger partial charge in [0.1, 0.15) is 11.5 Å². The highest BCUT2D eigenvalue weighted by Crippen LogP contribution is 2.30. The fraction of sp³-hybridized carbons (Fsp3) is 0. The Morgan fingerprint density at radius 3 is 2.24 bits per heavy atom. The average Bonchev–Trinajstić information content (AvgIpc) is 2.40. The van der Waals surface area contributed by atoms with E-state index < -0.39 is 16.0 Å². The molecule has 0 atom stereocenters. The first kappa shape index (κ1) is 15.3. The SMILES string of the molecule is NS(=O)(=O)c1ccc(Oc2ccc(C(=O)O)cc2Cl)cc1. The van der Waals surface area contributed by atoms with E-state index in [1.165, 1.54) is 42.5 Å². The van der Waals surface area contributed by atoms with Crippen LogP contribution in [0.1, 0.15) is 10.4 Å². The summed E-state index contributed by atoms with van der Waals surface area (Å²) in [5.74, 6) is -0.502. The number of carboxylic acids is 1. The van der Waals surface area contributed by atoms with Crippen LogP contribution in [0.2, 0.25) is 5.02 Å². The Kier molecular flexibility index (Phi) is 4.17. The number of ether oxygens (including phenoxy) is 1. The molecule has 0 spiro atoms. The van der Waals surface area contributed by atoms with E-state index in [1.807, 2.05) is 0 Å². The molecule has 21 heavy (non-hydrogen) atoms. The lowest BCUT2D eigenvalue weighted by Crippen LogP contribution is -2.11. The highest BCUT2D eigenvalue weighted by molar-refractivity contribution is 7.89. The number of sulfonamides is 1. The van der Waals surface area contributed by atoms with Crippen molar-refractivity contribution in [2.75, 3.05) is 0 Å².